The zero-order valence-corrected chi connectivity index (χ0v) is 9.70. The molecule has 0 unspecified atom stereocenters. The van der Waals surface area contributed by atoms with Crippen LogP contribution in [0.4, 0.5) is 13.2 Å². The van der Waals surface area contributed by atoms with Gasteiger partial charge in [-0.1, -0.05) is 18.2 Å². The van der Waals surface area contributed by atoms with Crippen LogP contribution in [0.1, 0.15) is 10.4 Å². The number of ketones is 1. The summed E-state index contributed by atoms with van der Waals surface area (Å²) in [6.07, 6.45) is 0. The number of halogens is 3. The highest BCUT2D eigenvalue weighted by Gasteiger charge is 2.17. The molecule has 0 aliphatic carbocycles. The van der Waals surface area contributed by atoms with Crippen molar-refractivity contribution in [3.8, 4) is 5.75 Å². The van der Waals surface area contributed by atoms with E-state index in [1.54, 1.807) is 0 Å². The number of hydrogen-bond acceptors (Lipinski definition) is 2. The molecule has 2 aromatic carbocycles. The number of Topliss-reactive ketones (excluding diaryl/α,β-unsaturated/α-hetero) is 1. The molecule has 0 aliphatic heterocycles. The molecule has 0 amide bonds. The van der Waals surface area contributed by atoms with E-state index in [-0.39, 0.29) is 5.75 Å². The first-order valence-corrected chi connectivity index (χ1v) is 5.44. The maximum absolute atomic E-state index is 13.3. The van der Waals surface area contributed by atoms with Gasteiger partial charge in [0.2, 0.25) is 5.78 Å². The van der Waals surface area contributed by atoms with Gasteiger partial charge in [-0.05, 0) is 24.3 Å². The Hall–Kier alpha value is -2.30. The number of rotatable bonds is 4. The Morgan fingerprint density at radius 3 is 2.11 bits per heavy atom. The molecule has 0 saturated heterocycles. The van der Waals surface area contributed by atoms with E-state index in [2.05, 4.69) is 0 Å². The highest BCUT2D eigenvalue weighted by atomic mass is 19.1. The van der Waals surface area contributed by atoms with Crippen molar-refractivity contribution in [1.29, 1.82) is 0 Å². The molecule has 0 radical (unpaired) electrons. The molecule has 2 nitrogen and oxygen atoms in total. The van der Waals surface area contributed by atoms with Crippen LogP contribution in [-0.2, 0) is 0 Å². The first-order valence-electron chi connectivity index (χ1n) is 5.44. The Morgan fingerprint density at radius 1 is 0.895 bits per heavy atom. The molecular weight excluding hydrogens is 257 g/mol. The summed E-state index contributed by atoms with van der Waals surface area (Å²) in [6, 6.07) is 8.55. The van der Waals surface area contributed by atoms with Gasteiger partial charge in [0.25, 0.3) is 0 Å². The van der Waals surface area contributed by atoms with Crippen LogP contribution < -0.4 is 4.74 Å². The second kappa shape index (κ2) is 5.56. The first-order chi connectivity index (χ1) is 9.09. The Bertz CT molecular complexity index is 591. The standard InChI is InChI=1S/C14H9F3O2/c15-9-4-1-2-7-13(9)19-8-12(18)14-10(16)5-3-6-11(14)17/h1-7H,8H2. The number of carbonyl (C=O) groups excluding carboxylic acids is 1. The van der Waals surface area contributed by atoms with E-state index in [1.165, 1.54) is 18.2 Å². The topological polar surface area (TPSA) is 26.3 Å². The summed E-state index contributed by atoms with van der Waals surface area (Å²) in [5, 5.41) is 0. The lowest BCUT2D eigenvalue weighted by Crippen LogP contribution is -2.15. The number of ether oxygens (including phenoxy) is 1. The van der Waals surface area contributed by atoms with Gasteiger partial charge in [-0.2, -0.15) is 0 Å². The Morgan fingerprint density at radius 2 is 1.47 bits per heavy atom. The van der Waals surface area contributed by atoms with Crippen molar-refractivity contribution in [2.75, 3.05) is 6.61 Å². The predicted molar refractivity (Wildman–Crippen MR) is 62.6 cm³/mol. The summed E-state index contributed by atoms with van der Waals surface area (Å²) in [6.45, 7) is -0.640. The molecule has 98 valence electrons. The van der Waals surface area contributed by atoms with Crippen LogP contribution in [0.5, 0.6) is 5.75 Å². The van der Waals surface area contributed by atoms with Gasteiger partial charge in [-0.25, -0.2) is 13.2 Å². The van der Waals surface area contributed by atoms with Crippen molar-refractivity contribution in [1.82, 2.24) is 0 Å². The normalized spacial score (nSPS) is 10.3. The minimum absolute atomic E-state index is 0.146. The fourth-order valence-electron chi connectivity index (χ4n) is 1.54. The van der Waals surface area contributed by atoms with E-state index in [4.69, 9.17) is 4.74 Å². The molecular formula is C14H9F3O2. The molecule has 2 rings (SSSR count). The third kappa shape index (κ3) is 2.93. The summed E-state index contributed by atoms with van der Waals surface area (Å²) in [4.78, 5) is 11.6. The second-order valence-electron chi connectivity index (χ2n) is 3.74. The summed E-state index contributed by atoms with van der Waals surface area (Å²) < 4.78 is 44.8. The van der Waals surface area contributed by atoms with E-state index in [0.29, 0.717) is 0 Å². The summed E-state index contributed by atoms with van der Waals surface area (Å²) >= 11 is 0. The van der Waals surface area contributed by atoms with E-state index < -0.39 is 35.4 Å². The molecule has 0 heterocycles. The number of hydrogen-bond donors (Lipinski definition) is 0. The molecule has 0 bridgehead atoms. The van der Waals surface area contributed by atoms with Gasteiger partial charge >= 0.3 is 0 Å². The Balaban J connectivity index is 2.13. The largest absolute Gasteiger partial charge is 0.482 e. The summed E-state index contributed by atoms with van der Waals surface area (Å²) in [7, 11) is 0. The van der Waals surface area contributed by atoms with E-state index in [1.807, 2.05) is 0 Å². The van der Waals surface area contributed by atoms with E-state index in [9.17, 15) is 18.0 Å². The van der Waals surface area contributed by atoms with Crippen LogP contribution >= 0.6 is 0 Å². The molecule has 19 heavy (non-hydrogen) atoms. The van der Waals surface area contributed by atoms with Crippen molar-refractivity contribution in [2.45, 2.75) is 0 Å². The Kier molecular flexibility index (Phi) is 3.85. The highest BCUT2D eigenvalue weighted by Crippen LogP contribution is 2.17. The molecule has 0 fully saturated rings. The first kappa shape index (κ1) is 13.1. The molecule has 2 aromatic rings. The van der Waals surface area contributed by atoms with Crippen molar-refractivity contribution < 1.29 is 22.7 Å². The fraction of sp³-hybridized carbons (Fsp3) is 0.0714. The predicted octanol–water partition coefficient (Wildman–Crippen LogP) is 3.37. The van der Waals surface area contributed by atoms with Gasteiger partial charge in [0.05, 0.1) is 5.56 Å². The maximum Gasteiger partial charge on any atom is 0.206 e. The fourth-order valence-corrected chi connectivity index (χ4v) is 1.54. The average molecular weight is 266 g/mol. The minimum Gasteiger partial charge on any atom is -0.482 e. The molecule has 0 aliphatic rings. The zero-order chi connectivity index (χ0) is 13.8. The number of benzene rings is 2. The quantitative estimate of drug-likeness (QED) is 0.793. The van der Waals surface area contributed by atoms with Gasteiger partial charge in [-0.3, -0.25) is 4.79 Å². The molecule has 0 N–H and O–H groups in total. The van der Waals surface area contributed by atoms with Gasteiger partial charge < -0.3 is 4.74 Å². The van der Waals surface area contributed by atoms with Crippen molar-refractivity contribution in [3.63, 3.8) is 0 Å². The van der Waals surface area contributed by atoms with Gasteiger partial charge in [-0.15, -0.1) is 0 Å². The third-order valence-corrected chi connectivity index (χ3v) is 2.44. The van der Waals surface area contributed by atoms with Crippen LogP contribution in [0, 0.1) is 17.5 Å². The molecule has 0 spiro atoms. The summed E-state index contributed by atoms with van der Waals surface area (Å²) in [5.41, 5.74) is -0.682. The molecule has 0 aromatic heterocycles. The zero-order valence-electron chi connectivity index (χ0n) is 9.70. The maximum atomic E-state index is 13.3. The number of carbonyl (C=O) groups is 1. The van der Waals surface area contributed by atoms with Gasteiger partial charge in [0.1, 0.15) is 11.6 Å². The van der Waals surface area contributed by atoms with E-state index in [0.717, 1.165) is 24.3 Å². The Labute approximate surface area is 107 Å². The molecule has 0 saturated carbocycles. The van der Waals surface area contributed by atoms with Crippen LogP contribution in [0.15, 0.2) is 42.5 Å². The third-order valence-electron chi connectivity index (χ3n) is 2.44. The lowest BCUT2D eigenvalue weighted by molar-refractivity contribution is 0.0910. The smallest absolute Gasteiger partial charge is 0.206 e. The van der Waals surface area contributed by atoms with E-state index >= 15 is 0 Å². The van der Waals surface area contributed by atoms with Crippen molar-refractivity contribution in [3.05, 3.63) is 65.5 Å². The lowest BCUT2D eigenvalue weighted by atomic mass is 10.1. The molecule has 5 heteroatoms. The minimum atomic E-state index is -0.970. The lowest BCUT2D eigenvalue weighted by Gasteiger charge is -2.07. The van der Waals surface area contributed by atoms with Gasteiger partial charge in [0.15, 0.2) is 18.2 Å². The van der Waals surface area contributed by atoms with Crippen LogP contribution in [0.2, 0.25) is 0 Å². The highest BCUT2D eigenvalue weighted by molar-refractivity contribution is 5.97. The van der Waals surface area contributed by atoms with Crippen molar-refractivity contribution in [2.24, 2.45) is 0 Å². The van der Waals surface area contributed by atoms with Crippen molar-refractivity contribution >= 4 is 5.78 Å². The second-order valence-corrected chi connectivity index (χ2v) is 3.74. The summed E-state index contributed by atoms with van der Waals surface area (Å²) in [5.74, 6) is -3.62. The monoisotopic (exact) mass is 266 g/mol. The molecule has 0 atom stereocenters. The van der Waals surface area contributed by atoms with Gasteiger partial charge in [0, 0.05) is 0 Å². The van der Waals surface area contributed by atoms with Crippen LogP contribution in [-0.4, -0.2) is 12.4 Å². The van der Waals surface area contributed by atoms with Crippen LogP contribution in [0.3, 0.4) is 0 Å². The van der Waals surface area contributed by atoms with Crippen LogP contribution in [0.25, 0.3) is 0 Å². The SMILES string of the molecule is O=C(COc1ccccc1F)c1c(F)cccc1F. The number of para-hydroxylation sites is 1. The average Bonchev–Trinajstić information content (AvgIpc) is 2.37.